The number of H-pyrrole nitrogens is 1. The molecule has 0 atom stereocenters. The number of nitrogens with zero attached hydrogens (tertiary/aromatic N) is 1. The van der Waals surface area contributed by atoms with E-state index in [1.807, 2.05) is 30.3 Å². The molecule has 110 valence electrons. The van der Waals surface area contributed by atoms with Crippen LogP contribution in [0.1, 0.15) is 5.56 Å². The standard InChI is InChI=1S/C17H13ClN2O2/c1-21-13-4-6-14(7-5-13)22-10-2-3-12-11-20-17-15(16(12)18)8-9-19-17/h4-9,11H,10H2,1H3,(H,19,20). The minimum absolute atomic E-state index is 0.272. The molecule has 0 aliphatic heterocycles. The van der Waals surface area contributed by atoms with E-state index < -0.39 is 0 Å². The highest BCUT2D eigenvalue weighted by Gasteiger charge is 2.05. The number of halogens is 1. The summed E-state index contributed by atoms with van der Waals surface area (Å²) in [7, 11) is 1.63. The molecule has 5 heteroatoms. The fourth-order valence-electron chi connectivity index (χ4n) is 1.99. The number of benzene rings is 1. The molecule has 0 fully saturated rings. The van der Waals surface area contributed by atoms with Gasteiger partial charge in [-0.1, -0.05) is 23.4 Å². The van der Waals surface area contributed by atoms with Crippen LogP contribution in [0.25, 0.3) is 11.0 Å². The zero-order chi connectivity index (χ0) is 15.4. The lowest BCUT2D eigenvalue weighted by atomic mass is 10.2. The lowest BCUT2D eigenvalue weighted by molar-refractivity contribution is 0.368. The largest absolute Gasteiger partial charge is 0.497 e. The molecule has 3 rings (SSSR count). The van der Waals surface area contributed by atoms with Gasteiger partial charge < -0.3 is 14.5 Å². The van der Waals surface area contributed by atoms with Crippen molar-refractivity contribution < 1.29 is 9.47 Å². The van der Waals surface area contributed by atoms with Gasteiger partial charge in [-0.05, 0) is 30.3 Å². The van der Waals surface area contributed by atoms with E-state index in [1.165, 1.54) is 0 Å². The van der Waals surface area contributed by atoms with E-state index in [1.54, 1.807) is 19.5 Å². The lowest BCUT2D eigenvalue weighted by Crippen LogP contribution is -1.94. The van der Waals surface area contributed by atoms with Crippen molar-refractivity contribution >= 4 is 22.6 Å². The number of rotatable bonds is 3. The zero-order valence-electron chi connectivity index (χ0n) is 11.9. The molecule has 0 aliphatic carbocycles. The van der Waals surface area contributed by atoms with Crippen LogP contribution >= 0.6 is 11.6 Å². The van der Waals surface area contributed by atoms with Crippen molar-refractivity contribution in [3.8, 4) is 23.3 Å². The summed E-state index contributed by atoms with van der Waals surface area (Å²) in [5.41, 5.74) is 1.44. The minimum atomic E-state index is 0.272. The van der Waals surface area contributed by atoms with Gasteiger partial charge in [-0.25, -0.2) is 4.98 Å². The second-order valence-electron chi connectivity index (χ2n) is 4.49. The summed E-state index contributed by atoms with van der Waals surface area (Å²) in [6.07, 6.45) is 3.45. The van der Waals surface area contributed by atoms with Crippen LogP contribution in [0.5, 0.6) is 11.5 Å². The third kappa shape index (κ3) is 3.00. The number of ether oxygens (including phenoxy) is 2. The van der Waals surface area contributed by atoms with Gasteiger partial charge in [0.2, 0.25) is 0 Å². The Labute approximate surface area is 133 Å². The first-order chi connectivity index (χ1) is 10.8. The Balaban J connectivity index is 1.67. The normalized spacial score (nSPS) is 10.1. The third-order valence-electron chi connectivity index (χ3n) is 3.11. The molecular weight excluding hydrogens is 300 g/mol. The molecule has 0 aliphatic rings. The Bertz CT molecular complexity index is 844. The Morgan fingerprint density at radius 3 is 2.73 bits per heavy atom. The molecule has 0 unspecified atom stereocenters. The van der Waals surface area contributed by atoms with Crippen molar-refractivity contribution in [1.29, 1.82) is 0 Å². The lowest BCUT2D eigenvalue weighted by Gasteiger charge is -2.03. The molecule has 0 bridgehead atoms. The molecule has 1 N–H and O–H groups in total. The van der Waals surface area contributed by atoms with Crippen LogP contribution in [0.3, 0.4) is 0 Å². The van der Waals surface area contributed by atoms with Crippen molar-refractivity contribution in [2.45, 2.75) is 0 Å². The van der Waals surface area contributed by atoms with Crippen molar-refractivity contribution in [2.75, 3.05) is 13.7 Å². The molecule has 1 aromatic carbocycles. The summed E-state index contributed by atoms with van der Waals surface area (Å²) < 4.78 is 10.6. The number of pyridine rings is 1. The molecule has 0 spiro atoms. The van der Waals surface area contributed by atoms with Gasteiger partial charge in [-0.15, -0.1) is 0 Å². The average molecular weight is 313 g/mol. The monoisotopic (exact) mass is 312 g/mol. The highest BCUT2D eigenvalue weighted by Crippen LogP contribution is 2.24. The predicted molar refractivity (Wildman–Crippen MR) is 86.5 cm³/mol. The quantitative estimate of drug-likeness (QED) is 0.751. The van der Waals surface area contributed by atoms with Gasteiger partial charge in [0.15, 0.2) is 0 Å². The number of methoxy groups -OCH3 is 1. The number of hydrogen-bond donors (Lipinski definition) is 1. The molecule has 0 amide bonds. The molecule has 22 heavy (non-hydrogen) atoms. The van der Waals surface area contributed by atoms with Gasteiger partial charge >= 0.3 is 0 Å². The molecule has 4 nitrogen and oxygen atoms in total. The van der Waals surface area contributed by atoms with Crippen LogP contribution in [-0.4, -0.2) is 23.7 Å². The summed E-state index contributed by atoms with van der Waals surface area (Å²) in [6, 6.07) is 9.22. The van der Waals surface area contributed by atoms with Crippen molar-refractivity contribution in [3.05, 3.63) is 53.3 Å². The average Bonchev–Trinajstić information content (AvgIpc) is 3.03. The van der Waals surface area contributed by atoms with Gasteiger partial charge in [0.25, 0.3) is 0 Å². The first-order valence-electron chi connectivity index (χ1n) is 6.65. The minimum Gasteiger partial charge on any atom is -0.497 e. The Kier molecular flexibility index (Phi) is 4.17. The first kappa shape index (κ1) is 14.3. The van der Waals surface area contributed by atoms with Gasteiger partial charge in [0, 0.05) is 17.8 Å². The van der Waals surface area contributed by atoms with E-state index in [9.17, 15) is 0 Å². The van der Waals surface area contributed by atoms with Crippen LogP contribution in [0.15, 0.2) is 42.7 Å². The van der Waals surface area contributed by atoms with E-state index in [0.29, 0.717) is 10.6 Å². The summed E-state index contributed by atoms with van der Waals surface area (Å²) in [4.78, 5) is 7.27. The van der Waals surface area contributed by atoms with Gasteiger partial charge in [0.05, 0.1) is 17.7 Å². The number of aromatic nitrogens is 2. The van der Waals surface area contributed by atoms with E-state index in [0.717, 1.165) is 22.5 Å². The van der Waals surface area contributed by atoms with Gasteiger partial charge in [-0.3, -0.25) is 0 Å². The Morgan fingerprint density at radius 2 is 1.95 bits per heavy atom. The molecule has 0 saturated carbocycles. The number of fused-ring (bicyclic) bond motifs is 1. The topological polar surface area (TPSA) is 47.1 Å². The SMILES string of the molecule is COc1ccc(OCC#Cc2cnc3[nH]ccc3c2Cl)cc1. The highest BCUT2D eigenvalue weighted by atomic mass is 35.5. The molecule has 2 aromatic heterocycles. The fourth-order valence-corrected chi connectivity index (χ4v) is 2.23. The second kappa shape index (κ2) is 6.42. The third-order valence-corrected chi connectivity index (χ3v) is 3.52. The Hall–Kier alpha value is -2.64. The summed E-state index contributed by atoms with van der Waals surface area (Å²) in [5.74, 6) is 7.44. The van der Waals surface area contributed by atoms with Gasteiger partial charge in [-0.2, -0.15) is 0 Å². The van der Waals surface area contributed by atoms with Gasteiger partial charge in [0.1, 0.15) is 23.8 Å². The number of aromatic amines is 1. The first-order valence-corrected chi connectivity index (χ1v) is 7.03. The summed E-state index contributed by atoms with van der Waals surface area (Å²) in [5, 5.41) is 1.47. The highest BCUT2D eigenvalue weighted by molar-refractivity contribution is 6.36. The Morgan fingerprint density at radius 1 is 1.18 bits per heavy atom. The maximum atomic E-state index is 6.30. The zero-order valence-corrected chi connectivity index (χ0v) is 12.6. The van der Waals surface area contributed by atoms with Crippen molar-refractivity contribution in [1.82, 2.24) is 9.97 Å². The molecule has 0 saturated heterocycles. The maximum Gasteiger partial charge on any atom is 0.149 e. The smallest absolute Gasteiger partial charge is 0.149 e. The molecule has 3 aromatic rings. The maximum absolute atomic E-state index is 6.30. The van der Waals surface area contributed by atoms with Crippen LogP contribution in [-0.2, 0) is 0 Å². The molecule has 2 heterocycles. The van der Waals surface area contributed by atoms with Crippen molar-refractivity contribution in [3.63, 3.8) is 0 Å². The molecule has 0 radical (unpaired) electrons. The van der Waals surface area contributed by atoms with Crippen LogP contribution in [0.2, 0.25) is 5.02 Å². The van der Waals surface area contributed by atoms with Crippen molar-refractivity contribution in [2.24, 2.45) is 0 Å². The summed E-state index contributed by atoms with van der Waals surface area (Å²) >= 11 is 6.30. The van der Waals surface area contributed by atoms with Crippen LogP contribution < -0.4 is 9.47 Å². The summed E-state index contributed by atoms with van der Waals surface area (Å²) in [6.45, 7) is 0.272. The predicted octanol–water partition coefficient (Wildman–Crippen LogP) is 3.66. The van der Waals surface area contributed by atoms with Crippen LogP contribution in [0.4, 0.5) is 0 Å². The number of hydrogen-bond acceptors (Lipinski definition) is 3. The van der Waals surface area contributed by atoms with E-state index in [2.05, 4.69) is 21.8 Å². The van der Waals surface area contributed by atoms with E-state index >= 15 is 0 Å². The van der Waals surface area contributed by atoms with E-state index in [4.69, 9.17) is 21.1 Å². The van der Waals surface area contributed by atoms with E-state index in [-0.39, 0.29) is 6.61 Å². The fraction of sp³-hybridized carbons (Fsp3) is 0.118. The number of nitrogens with one attached hydrogen (secondary N) is 1. The van der Waals surface area contributed by atoms with Crippen LogP contribution in [0, 0.1) is 11.8 Å². The second-order valence-corrected chi connectivity index (χ2v) is 4.87. The molecular formula is C17H13ClN2O2.